The molecule has 0 aliphatic heterocycles. The summed E-state index contributed by atoms with van der Waals surface area (Å²) in [5, 5.41) is 28.2. The van der Waals surface area contributed by atoms with Crippen molar-refractivity contribution in [2.75, 3.05) is 5.32 Å². The standard InChI is InChI=1S/C23H22FN3O5.2Na/c1-13-12-27(2)22(31)20(21(13)30)26-23(32)25-18(11-19(28)29)15-7-5-6-14(10-15)16-8-3-4-9-17(16)24;;/h3-10,12,18,30H,11H2,1-2H3,(H,28,29)(H2,25,26,32);;/q;2*+1/p-2/t18-;;/m0../s1. The van der Waals surface area contributed by atoms with Gasteiger partial charge in [-0.3, -0.25) is 4.79 Å². The number of halogens is 1. The van der Waals surface area contributed by atoms with E-state index in [1.807, 2.05) is 0 Å². The molecule has 3 rings (SSSR count). The van der Waals surface area contributed by atoms with Crippen molar-refractivity contribution in [2.45, 2.75) is 19.4 Å². The number of urea groups is 1. The Kier molecular flexibility index (Phi) is 11.5. The van der Waals surface area contributed by atoms with Gasteiger partial charge in [0.1, 0.15) is 11.5 Å². The SMILES string of the molecule is Cc1cn(C)c(=O)c(NC(=O)N[C@@H](CC(=O)[O-])c2cccc(-c3ccccc3F)c2)c1[O-].[Na+].[Na+]. The monoisotopic (exact) mass is 483 g/mol. The van der Waals surface area contributed by atoms with Gasteiger partial charge in [0.05, 0.1) is 6.04 Å². The fourth-order valence-electron chi connectivity index (χ4n) is 3.33. The van der Waals surface area contributed by atoms with Gasteiger partial charge in [-0.2, -0.15) is 0 Å². The number of hydrogen-bond acceptors (Lipinski definition) is 5. The molecule has 2 aromatic carbocycles. The van der Waals surface area contributed by atoms with Crippen molar-refractivity contribution in [2.24, 2.45) is 7.05 Å². The van der Waals surface area contributed by atoms with E-state index >= 15 is 0 Å². The van der Waals surface area contributed by atoms with Crippen molar-refractivity contribution in [3.8, 4) is 16.9 Å². The molecule has 0 radical (unpaired) electrons. The first kappa shape index (κ1) is 29.9. The Balaban J connectivity index is 0.00000289. The minimum Gasteiger partial charge on any atom is -0.871 e. The number of anilines is 1. The second kappa shape index (κ2) is 13.1. The van der Waals surface area contributed by atoms with Crippen LogP contribution in [0, 0.1) is 12.7 Å². The van der Waals surface area contributed by atoms with Crippen LogP contribution in [0.15, 0.2) is 59.5 Å². The van der Waals surface area contributed by atoms with Gasteiger partial charge in [0.25, 0.3) is 5.56 Å². The van der Waals surface area contributed by atoms with Crippen LogP contribution in [0.1, 0.15) is 23.6 Å². The molecule has 0 aliphatic carbocycles. The molecular formula is C23H20FN3Na2O5. The number of nitrogens with one attached hydrogen (secondary N) is 2. The molecule has 1 aromatic heterocycles. The number of carbonyl (C=O) groups excluding carboxylic acids is 2. The van der Waals surface area contributed by atoms with Crippen LogP contribution < -0.4 is 85.5 Å². The van der Waals surface area contributed by atoms with Crippen molar-refractivity contribution in [3.63, 3.8) is 0 Å². The normalized spacial score (nSPS) is 10.9. The molecule has 0 spiro atoms. The summed E-state index contributed by atoms with van der Waals surface area (Å²) in [5.74, 6) is -2.52. The molecule has 3 aromatic rings. The van der Waals surface area contributed by atoms with Gasteiger partial charge in [-0.05, 0) is 35.7 Å². The van der Waals surface area contributed by atoms with E-state index in [0.29, 0.717) is 16.7 Å². The Morgan fingerprint density at radius 1 is 1.12 bits per heavy atom. The molecule has 2 amide bonds. The Morgan fingerprint density at radius 3 is 2.44 bits per heavy atom. The number of carboxylic acids is 1. The van der Waals surface area contributed by atoms with E-state index in [1.165, 1.54) is 26.2 Å². The van der Waals surface area contributed by atoms with Crippen LogP contribution in [-0.4, -0.2) is 16.6 Å². The van der Waals surface area contributed by atoms with Crippen molar-refractivity contribution in [1.29, 1.82) is 0 Å². The minimum atomic E-state index is -1.43. The fraction of sp³-hybridized carbons (Fsp3) is 0.174. The summed E-state index contributed by atoms with van der Waals surface area (Å²) >= 11 is 0. The number of carbonyl (C=O) groups is 2. The average molecular weight is 483 g/mol. The molecule has 34 heavy (non-hydrogen) atoms. The van der Waals surface area contributed by atoms with E-state index in [4.69, 9.17) is 0 Å². The van der Waals surface area contributed by atoms with Gasteiger partial charge < -0.3 is 30.2 Å². The molecule has 1 heterocycles. The van der Waals surface area contributed by atoms with Crippen LogP contribution in [0.2, 0.25) is 0 Å². The van der Waals surface area contributed by atoms with Crippen molar-refractivity contribution in [1.82, 2.24) is 9.88 Å². The number of aromatic nitrogens is 1. The average Bonchev–Trinajstić information content (AvgIpc) is 2.75. The quantitative estimate of drug-likeness (QED) is 0.343. The Labute approximate surface area is 239 Å². The smallest absolute Gasteiger partial charge is 0.871 e. The molecule has 166 valence electrons. The van der Waals surface area contributed by atoms with Gasteiger partial charge in [-0.25, -0.2) is 9.18 Å². The number of aliphatic carboxylic acids is 1. The Morgan fingerprint density at radius 2 is 1.79 bits per heavy atom. The van der Waals surface area contributed by atoms with Crippen LogP contribution in [0.4, 0.5) is 14.9 Å². The predicted molar refractivity (Wildman–Crippen MR) is 112 cm³/mol. The summed E-state index contributed by atoms with van der Waals surface area (Å²) in [5.41, 5.74) is 0.285. The van der Waals surface area contributed by atoms with Crippen LogP contribution in [0.3, 0.4) is 0 Å². The fourth-order valence-corrected chi connectivity index (χ4v) is 3.33. The summed E-state index contributed by atoms with van der Waals surface area (Å²) < 4.78 is 15.3. The Bertz CT molecular complexity index is 1250. The number of rotatable bonds is 6. The van der Waals surface area contributed by atoms with E-state index in [0.717, 1.165) is 4.57 Å². The number of benzene rings is 2. The van der Waals surface area contributed by atoms with Crippen LogP contribution in [-0.2, 0) is 11.8 Å². The topological polar surface area (TPSA) is 126 Å². The van der Waals surface area contributed by atoms with Crippen molar-refractivity contribution < 1.29 is 83.3 Å². The maximum Gasteiger partial charge on any atom is 1.00 e. The predicted octanol–water partition coefficient (Wildman–Crippen LogP) is -4.42. The van der Waals surface area contributed by atoms with Gasteiger partial charge >= 0.3 is 65.1 Å². The number of pyridine rings is 1. The van der Waals surface area contributed by atoms with Gasteiger partial charge in [0, 0.05) is 31.2 Å². The van der Waals surface area contributed by atoms with E-state index in [-0.39, 0.29) is 64.7 Å². The van der Waals surface area contributed by atoms with Gasteiger partial charge in [0.2, 0.25) is 0 Å². The number of aryl methyl sites for hydroxylation is 2. The molecule has 0 fully saturated rings. The molecule has 8 nitrogen and oxygen atoms in total. The van der Waals surface area contributed by atoms with Crippen molar-refractivity contribution in [3.05, 3.63) is 82.0 Å². The first-order valence-electron chi connectivity index (χ1n) is 9.67. The number of nitrogens with zero attached hydrogens (tertiary/aromatic N) is 1. The molecule has 1 atom stereocenters. The number of amides is 2. The van der Waals surface area contributed by atoms with E-state index in [1.54, 1.807) is 42.5 Å². The third kappa shape index (κ3) is 7.18. The zero-order valence-corrected chi connectivity index (χ0v) is 23.3. The van der Waals surface area contributed by atoms with Gasteiger partial charge in [-0.1, -0.05) is 42.1 Å². The summed E-state index contributed by atoms with van der Waals surface area (Å²) in [6.45, 7) is 1.50. The molecule has 0 aliphatic rings. The molecule has 0 saturated carbocycles. The summed E-state index contributed by atoms with van der Waals surface area (Å²) in [6, 6.07) is 10.5. The Hall–Kier alpha value is -2.14. The van der Waals surface area contributed by atoms with E-state index in [9.17, 15) is 29.0 Å². The third-order valence-electron chi connectivity index (χ3n) is 4.90. The number of hydrogen-bond donors (Lipinski definition) is 2. The van der Waals surface area contributed by atoms with Crippen molar-refractivity contribution >= 4 is 17.7 Å². The minimum absolute atomic E-state index is 0. The second-order valence-electron chi connectivity index (χ2n) is 7.26. The number of carboxylic acid groups (broad SMARTS) is 1. The summed E-state index contributed by atoms with van der Waals surface area (Å²) in [4.78, 5) is 36.0. The largest absolute Gasteiger partial charge is 1.00 e. The zero-order chi connectivity index (χ0) is 23.4. The molecule has 11 heteroatoms. The molecule has 2 N–H and O–H groups in total. The zero-order valence-electron chi connectivity index (χ0n) is 19.3. The van der Waals surface area contributed by atoms with Crippen LogP contribution >= 0.6 is 0 Å². The van der Waals surface area contributed by atoms with E-state index in [2.05, 4.69) is 10.6 Å². The van der Waals surface area contributed by atoms with E-state index < -0.39 is 47.3 Å². The van der Waals surface area contributed by atoms with Gasteiger partial charge in [0.15, 0.2) is 0 Å². The molecule has 0 saturated heterocycles. The first-order chi connectivity index (χ1) is 15.2. The first-order valence-corrected chi connectivity index (χ1v) is 9.67. The third-order valence-corrected chi connectivity index (χ3v) is 4.90. The molecule has 0 bridgehead atoms. The molecule has 0 unspecified atom stereocenters. The maximum atomic E-state index is 14.2. The van der Waals surface area contributed by atoms with Gasteiger partial charge in [-0.15, -0.1) is 0 Å². The van der Waals surface area contributed by atoms with Crippen LogP contribution in [0.5, 0.6) is 5.75 Å². The summed E-state index contributed by atoms with van der Waals surface area (Å²) in [7, 11) is 1.44. The maximum absolute atomic E-state index is 14.2. The summed E-state index contributed by atoms with van der Waals surface area (Å²) in [6.07, 6.45) is 0.769. The second-order valence-corrected chi connectivity index (χ2v) is 7.26. The van der Waals surface area contributed by atoms with Crippen LogP contribution in [0.25, 0.3) is 11.1 Å². The molecular weight excluding hydrogens is 463 g/mol.